The predicted octanol–water partition coefficient (Wildman–Crippen LogP) is 28.1. The molecule has 130 heavy (non-hydrogen) atoms. The van der Waals surface area contributed by atoms with Gasteiger partial charge in [-0.25, -0.2) is 18.7 Å². The van der Waals surface area contributed by atoms with Gasteiger partial charge in [0.15, 0.2) is 63.6 Å². The van der Waals surface area contributed by atoms with Crippen LogP contribution in [0.3, 0.4) is 0 Å². The van der Waals surface area contributed by atoms with Crippen LogP contribution >= 0.6 is 0 Å². The number of Topliss-reactive ketones (excluding diaryl/α,β-unsaturated/α-hetero) is 11. The summed E-state index contributed by atoms with van der Waals surface area (Å²) in [4.78, 5) is 132. The number of hydrogen-bond donors (Lipinski definition) is 0. The Kier molecular flexibility index (Phi) is 50.4. The number of halogens is 2. The van der Waals surface area contributed by atoms with Gasteiger partial charge in [-0.2, -0.15) is 0 Å². The molecular weight excluding hydrogens is 1630 g/mol. The molecule has 0 saturated carbocycles. The Morgan fingerprint density at radius 3 is 0.738 bits per heavy atom. The third kappa shape index (κ3) is 43.3. The zero-order valence-electron chi connectivity index (χ0n) is 82.5. The van der Waals surface area contributed by atoms with E-state index in [1.807, 2.05) is 258 Å². The van der Waals surface area contributed by atoms with Crippen molar-refractivity contribution >= 4 is 69.2 Å². The highest BCUT2D eigenvalue weighted by Crippen LogP contribution is 2.19. The number of nitrogens with zero attached hydrogens (tertiary/aromatic N) is 3. The molecule has 3 heterocycles. The van der Waals surface area contributed by atoms with Gasteiger partial charge in [0, 0.05) is 77.3 Å². The molecule has 0 unspecified atom stereocenters. The Morgan fingerprint density at radius 1 is 0.208 bits per heavy atom. The predicted molar refractivity (Wildman–Crippen MR) is 530 cm³/mol. The van der Waals surface area contributed by atoms with Crippen LogP contribution in [0.15, 0.2) is 219 Å². The van der Waals surface area contributed by atoms with Crippen molar-refractivity contribution in [1.29, 1.82) is 0 Å². The van der Waals surface area contributed by atoms with Crippen LogP contribution < -0.4 is 0 Å². The Hall–Kier alpha value is -13.6. The molecule has 0 aliphatic carbocycles. The van der Waals surface area contributed by atoms with Crippen molar-refractivity contribution in [2.45, 2.75) is 222 Å². The molecule has 0 fully saturated rings. The quantitative estimate of drug-likeness (QED) is 0.104. The summed E-state index contributed by atoms with van der Waals surface area (Å²) in [6.07, 6.45) is 1.73. The van der Waals surface area contributed by atoms with Gasteiger partial charge in [0.25, 0.3) is 0 Å². The van der Waals surface area contributed by atoms with Gasteiger partial charge in [-0.05, 0) is 327 Å². The molecule has 3 aromatic heterocycles. The lowest BCUT2D eigenvalue weighted by atomic mass is 10.0. The highest BCUT2D eigenvalue weighted by molar-refractivity contribution is 5.99. The maximum Gasteiger partial charge on any atom is 0.178 e. The van der Waals surface area contributed by atoms with Crippen molar-refractivity contribution in [1.82, 2.24) is 15.0 Å². The Morgan fingerprint density at radius 2 is 0.477 bits per heavy atom. The first-order valence-electron chi connectivity index (χ1n) is 42.6. The third-order valence-electron chi connectivity index (χ3n) is 20.3. The van der Waals surface area contributed by atoms with Crippen LogP contribution in [0.1, 0.15) is 315 Å². The zero-order valence-corrected chi connectivity index (χ0v) is 82.5. The van der Waals surface area contributed by atoms with Gasteiger partial charge in [0.05, 0.1) is 5.56 Å². The molecule has 12 aromatic rings. The fraction of sp³-hybridized carbons (Fsp3) is 0.281. The molecule has 12 rings (SSSR count). The van der Waals surface area contributed by atoms with Crippen LogP contribution in [-0.2, 0) is 0 Å². The average molecular weight is 1760 g/mol. The molecule has 0 aliphatic heterocycles. The van der Waals surface area contributed by atoms with E-state index < -0.39 is 5.82 Å². The van der Waals surface area contributed by atoms with E-state index >= 15 is 0 Å². The fourth-order valence-electron chi connectivity index (χ4n) is 11.4. The number of pyridine rings is 3. The first kappa shape index (κ1) is 114. The monoisotopic (exact) mass is 1760 g/mol. The lowest BCUT2D eigenvalue weighted by molar-refractivity contribution is 0.1000. The van der Waals surface area contributed by atoms with Crippen molar-refractivity contribution in [2.24, 2.45) is 0 Å². The lowest BCUT2D eigenvalue weighted by Crippen LogP contribution is -1.98. The van der Waals surface area contributed by atoms with Gasteiger partial charge in [-0.3, -0.25) is 57.7 Å². The number of benzene rings is 9. The second kappa shape index (κ2) is 57.3. The highest BCUT2D eigenvalue weighted by atomic mass is 19.1. The summed E-state index contributed by atoms with van der Waals surface area (Å²) >= 11 is 0. The standard InChI is InChI=1S/5C10H12O.C10H12.2C9H9FO.3C9H11NO.C9H10O/c2*1-7-4-5-10(9(3)11)6-8(7)2;3*1-7-4-5-10(9(3)11)8(2)6-7;1-8(2)10-6-4-9(3)5-7-10;1-6-3-4-8(7(2)11)5-9(6)10;1-6-3-4-8(7(2)11)9(10)5-6;1-6-4-9(8(3)11)10-5-7(6)2;2*1-6-4-5-9(8(3)11)10-7(6)2;1-7-3-5-9(6-4-7)8(2)10/h5*4-6H,1-3H3;4-7H,1H2,2-3H3;2*3-5H,1-2H3;3*4-5H,1-3H3;3-6H,1-2H3. The molecule has 684 valence electrons. The van der Waals surface area contributed by atoms with Gasteiger partial charge in [-0.15, -0.1) is 0 Å². The molecule has 16 heteroatoms. The number of hydrogen-bond acceptors (Lipinski definition) is 14. The first-order valence-corrected chi connectivity index (χ1v) is 42.6. The van der Waals surface area contributed by atoms with Crippen LogP contribution in [0.25, 0.3) is 5.57 Å². The fourth-order valence-corrected chi connectivity index (χ4v) is 11.4. The molecule has 0 N–H and O–H groups in total. The molecule has 0 bridgehead atoms. The lowest BCUT2D eigenvalue weighted by Gasteiger charge is -2.01. The summed E-state index contributed by atoms with van der Waals surface area (Å²) in [7, 11) is 0. The number of carbonyl (C=O) groups excluding carboxylic acids is 11. The van der Waals surface area contributed by atoms with E-state index in [1.165, 1.54) is 108 Å². The van der Waals surface area contributed by atoms with Gasteiger partial charge in [0.2, 0.25) is 0 Å². The van der Waals surface area contributed by atoms with Gasteiger partial charge in [0.1, 0.15) is 28.7 Å². The Bertz CT molecular complexity index is 5190. The zero-order chi connectivity index (χ0) is 99.4. The Labute approximate surface area is 772 Å². The third-order valence-corrected chi connectivity index (χ3v) is 20.3. The van der Waals surface area contributed by atoms with Gasteiger partial charge in [-0.1, -0.05) is 198 Å². The summed E-state index contributed by atoms with van der Waals surface area (Å²) in [5.74, 6) is -0.218. The van der Waals surface area contributed by atoms with Gasteiger partial charge >= 0.3 is 0 Å². The van der Waals surface area contributed by atoms with Crippen LogP contribution in [0.5, 0.6) is 0 Å². The molecule has 0 saturated heterocycles. The maximum absolute atomic E-state index is 12.9. The molecule has 0 spiro atoms. The van der Waals surface area contributed by atoms with E-state index in [4.69, 9.17) is 0 Å². The van der Waals surface area contributed by atoms with E-state index in [2.05, 4.69) is 52.7 Å². The molecule has 0 radical (unpaired) electrons. The molecule has 0 amide bonds. The largest absolute Gasteiger partial charge is 0.295 e. The second-order valence-electron chi connectivity index (χ2n) is 32.5. The minimum Gasteiger partial charge on any atom is -0.295 e. The molecule has 14 nitrogen and oxygen atoms in total. The molecule has 0 atom stereocenters. The average Bonchev–Trinajstić information content (AvgIpc) is 0.818. The van der Waals surface area contributed by atoms with Gasteiger partial charge < -0.3 is 0 Å². The normalized spacial score (nSPS) is 9.68. The van der Waals surface area contributed by atoms with Crippen molar-refractivity contribution < 1.29 is 61.5 Å². The summed E-state index contributed by atoms with van der Waals surface area (Å²) in [5, 5.41) is 0. The summed E-state index contributed by atoms with van der Waals surface area (Å²) in [6, 6.07) is 63.3. The number of allylic oxidation sites excluding steroid dienone is 1. The number of rotatable bonds is 12. The minimum absolute atomic E-state index is 0.0214. The molecule has 0 aliphatic rings. The number of carbonyl (C=O) groups is 11. The van der Waals surface area contributed by atoms with Crippen molar-refractivity contribution in [3.05, 3.63) is 409 Å². The number of aryl methyl sites for hydroxylation is 20. The summed E-state index contributed by atoms with van der Waals surface area (Å²) < 4.78 is 25.7. The summed E-state index contributed by atoms with van der Waals surface area (Å²) in [5.41, 5.74) is 31.3. The van der Waals surface area contributed by atoms with E-state index in [9.17, 15) is 61.5 Å². The second-order valence-corrected chi connectivity index (χ2v) is 32.5. The SMILES string of the molecule is C=C(C)c1ccc(C)cc1.CC(=O)c1cc(C)c(C)cn1.CC(=O)c1ccc(C)c(C)c1.CC(=O)c1ccc(C)c(C)c1.CC(=O)c1ccc(C)c(C)n1.CC(=O)c1ccc(C)c(C)n1.CC(=O)c1ccc(C)c(F)c1.CC(=O)c1ccc(C)cc1.CC(=O)c1ccc(C)cc1C.CC(=O)c1ccc(C)cc1C.CC(=O)c1ccc(C)cc1C.CC(=O)c1ccc(C)cc1F. The van der Waals surface area contributed by atoms with Crippen LogP contribution in [0.2, 0.25) is 0 Å². The van der Waals surface area contributed by atoms with Crippen LogP contribution in [0, 0.1) is 150 Å². The highest BCUT2D eigenvalue weighted by Gasteiger charge is 2.11. The van der Waals surface area contributed by atoms with Crippen molar-refractivity contribution in [3.8, 4) is 0 Å². The smallest absolute Gasteiger partial charge is 0.178 e. The topological polar surface area (TPSA) is 226 Å². The maximum atomic E-state index is 12.9. The number of aromatic nitrogens is 3. The Balaban J connectivity index is 0.000000709. The first-order chi connectivity index (χ1) is 60.5. The van der Waals surface area contributed by atoms with Crippen molar-refractivity contribution in [2.75, 3.05) is 0 Å². The van der Waals surface area contributed by atoms with Crippen LogP contribution in [0.4, 0.5) is 8.78 Å². The molecular formula is C114H133F2N3O11. The van der Waals surface area contributed by atoms with E-state index in [-0.39, 0.29) is 75.0 Å². The van der Waals surface area contributed by atoms with E-state index in [0.29, 0.717) is 28.2 Å². The van der Waals surface area contributed by atoms with Crippen molar-refractivity contribution in [3.63, 3.8) is 0 Å². The number of ketones is 11. The summed E-state index contributed by atoms with van der Waals surface area (Å²) in [6.45, 7) is 62.1. The minimum atomic E-state index is -0.433. The molecule has 9 aromatic carbocycles. The van der Waals surface area contributed by atoms with E-state index in [0.717, 1.165) is 94.8 Å². The van der Waals surface area contributed by atoms with E-state index in [1.54, 1.807) is 91.9 Å². The van der Waals surface area contributed by atoms with Crippen LogP contribution in [-0.4, -0.2) is 78.6 Å².